The van der Waals surface area contributed by atoms with Gasteiger partial charge in [0, 0.05) is 16.2 Å². The van der Waals surface area contributed by atoms with E-state index in [1.807, 2.05) is 6.07 Å². The molecule has 0 amide bonds. The summed E-state index contributed by atoms with van der Waals surface area (Å²) >= 11 is 3.43. The second-order valence-electron chi connectivity index (χ2n) is 4.40. The summed E-state index contributed by atoms with van der Waals surface area (Å²) in [7, 11) is 3.35. The van der Waals surface area contributed by atoms with Crippen molar-refractivity contribution in [1.82, 2.24) is 0 Å². The van der Waals surface area contributed by atoms with Gasteiger partial charge in [-0.1, -0.05) is 0 Å². The summed E-state index contributed by atoms with van der Waals surface area (Å²) in [5.41, 5.74) is 2.99. The lowest BCUT2D eigenvalue weighted by atomic mass is 9.88. The Bertz CT molecular complexity index is 569. The number of halogens is 2. The molecule has 3 nitrogen and oxygen atoms in total. The molecule has 1 aliphatic rings. The van der Waals surface area contributed by atoms with Crippen molar-refractivity contribution in [2.75, 3.05) is 7.11 Å². The number of rotatable bonds is 3. The Balaban J connectivity index is 2.62. The van der Waals surface area contributed by atoms with Crippen LogP contribution in [-0.4, -0.2) is 15.5 Å². The zero-order valence-corrected chi connectivity index (χ0v) is 13.2. The third-order valence-corrected chi connectivity index (χ3v) is 4.74. The lowest BCUT2D eigenvalue weighted by molar-refractivity contribution is 0.406. The molecule has 0 atom stereocenters. The summed E-state index contributed by atoms with van der Waals surface area (Å²) in [6.07, 6.45) is 4.08. The van der Waals surface area contributed by atoms with Crippen molar-refractivity contribution in [2.24, 2.45) is 0 Å². The van der Waals surface area contributed by atoms with Crippen molar-refractivity contribution in [1.29, 1.82) is 0 Å². The number of aryl methyl sites for hydroxylation is 1. The smallest absolute Gasteiger partial charge is 0.236 e. The van der Waals surface area contributed by atoms with E-state index in [4.69, 9.17) is 15.4 Å². The van der Waals surface area contributed by atoms with Crippen LogP contribution in [0, 0.1) is 0 Å². The fraction of sp³-hybridized carbons (Fsp3) is 0.500. The molecule has 18 heavy (non-hydrogen) atoms. The van der Waals surface area contributed by atoms with Crippen molar-refractivity contribution in [2.45, 2.75) is 31.4 Å². The van der Waals surface area contributed by atoms with Crippen molar-refractivity contribution < 1.29 is 13.2 Å². The Morgan fingerprint density at radius 1 is 1.39 bits per heavy atom. The molecule has 0 heterocycles. The Morgan fingerprint density at radius 3 is 2.67 bits per heavy atom. The second-order valence-corrected chi connectivity index (χ2v) is 8.03. The molecule has 0 radical (unpaired) electrons. The van der Waals surface area contributed by atoms with Crippen LogP contribution in [0.4, 0.5) is 0 Å². The molecule has 100 valence electrons. The molecule has 0 saturated heterocycles. The average molecular weight is 354 g/mol. The summed E-state index contributed by atoms with van der Waals surface area (Å²) in [5, 5.41) is 0. The summed E-state index contributed by atoms with van der Waals surface area (Å²) in [5.74, 6) is 0.402. The van der Waals surface area contributed by atoms with Crippen molar-refractivity contribution in [3.63, 3.8) is 0 Å². The monoisotopic (exact) mass is 352 g/mol. The van der Waals surface area contributed by atoms with Crippen LogP contribution in [0.5, 0.6) is 5.75 Å². The van der Waals surface area contributed by atoms with Crippen LogP contribution < -0.4 is 4.74 Å². The first-order valence-electron chi connectivity index (χ1n) is 5.72. The fourth-order valence-corrected chi connectivity index (χ4v) is 4.13. The van der Waals surface area contributed by atoms with Crippen LogP contribution in [-0.2, 0) is 27.6 Å². The predicted molar refractivity (Wildman–Crippen MR) is 75.8 cm³/mol. The number of methoxy groups -OCH3 is 1. The molecule has 1 aromatic carbocycles. The fourth-order valence-electron chi connectivity index (χ4n) is 2.48. The highest BCUT2D eigenvalue weighted by Crippen LogP contribution is 2.38. The summed E-state index contributed by atoms with van der Waals surface area (Å²) in [4.78, 5) is 0. The van der Waals surface area contributed by atoms with Crippen molar-refractivity contribution >= 4 is 35.7 Å². The maximum Gasteiger partial charge on any atom is 0.236 e. The average Bonchev–Trinajstić information content (AvgIpc) is 2.27. The van der Waals surface area contributed by atoms with E-state index in [0.717, 1.165) is 35.7 Å². The third kappa shape index (κ3) is 3.00. The van der Waals surface area contributed by atoms with Crippen molar-refractivity contribution in [3.05, 3.63) is 27.2 Å². The van der Waals surface area contributed by atoms with E-state index in [1.54, 1.807) is 7.11 Å². The van der Waals surface area contributed by atoms with Crippen LogP contribution in [0.3, 0.4) is 0 Å². The molecule has 0 aliphatic heterocycles. The van der Waals surface area contributed by atoms with Crippen LogP contribution in [0.25, 0.3) is 0 Å². The molecule has 0 saturated carbocycles. The SMILES string of the molecule is COc1c(Br)cc2c(c1CS(=O)(=O)Cl)CCCC2. The van der Waals surface area contributed by atoms with Gasteiger partial charge in [0.2, 0.25) is 9.05 Å². The Hall–Kier alpha value is -0.260. The molecule has 0 bridgehead atoms. The summed E-state index contributed by atoms with van der Waals surface area (Å²) in [6, 6.07) is 2.03. The normalized spacial score (nSPS) is 15.3. The van der Waals surface area contributed by atoms with Crippen LogP contribution >= 0.6 is 26.6 Å². The van der Waals surface area contributed by atoms with E-state index in [-0.39, 0.29) is 5.75 Å². The van der Waals surface area contributed by atoms with Gasteiger partial charge >= 0.3 is 0 Å². The van der Waals surface area contributed by atoms with Crippen molar-refractivity contribution in [3.8, 4) is 5.75 Å². The third-order valence-electron chi connectivity index (χ3n) is 3.19. The van der Waals surface area contributed by atoms with Gasteiger partial charge in [-0.15, -0.1) is 0 Å². The highest BCUT2D eigenvalue weighted by atomic mass is 79.9. The molecule has 1 aromatic rings. The van der Waals surface area contributed by atoms with Gasteiger partial charge in [0.15, 0.2) is 0 Å². The number of fused-ring (bicyclic) bond motifs is 1. The Morgan fingerprint density at radius 2 is 2.06 bits per heavy atom. The topological polar surface area (TPSA) is 43.4 Å². The van der Waals surface area contributed by atoms with Gasteiger partial charge in [0.25, 0.3) is 0 Å². The van der Waals surface area contributed by atoms with Crippen LogP contribution in [0.15, 0.2) is 10.5 Å². The van der Waals surface area contributed by atoms with Gasteiger partial charge in [0.1, 0.15) is 5.75 Å². The largest absolute Gasteiger partial charge is 0.495 e. The van der Waals surface area contributed by atoms with E-state index in [0.29, 0.717) is 11.3 Å². The minimum atomic E-state index is -3.59. The van der Waals surface area contributed by atoms with E-state index < -0.39 is 9.05 Å². The first-order chi connectivity index (χ1) is 8.42. The van der Waals surface area contributed by atoms with E-state index in [9.17, 15) is 8.42 Å². The minimum absolute atomic E-state index is 0.181. The minimum Gasteiger partial charge on any atom is -0.495 e. The Labute approximate surface area is 120 Å². The summed E-state index contributed by atoms with van der Waals surface area (Å²) < 4.78 is 28.8. The van der Waals surface area contributed by atoms with E-state index >= 15 is 0 Å². The van der Waals surface area contributed by atoms with Gasteiger partial charge in [-0.3, -0.25) is 0 Å². The second kappa shape index (κ2) is 5.39. The molecule has 0 aromatic heterocycles. The van der Waals surface area contributed by atoms with E-state index in [1.165, 1.54) is 5.56 Å². The molecule has 1 aliphatic carbocycles. The lowest BCUT2D eigenvalue weighted by Gasteiger charge is -2.22. The molecule has 0 spiro atoms. The highest BCUT2D eigenvalue weighted by molar-refractivity contribution is 9.10. The number of hydrogen-bond donors (Lipinski definition) is 0. The van der Waals surface area contributed by atoms with Crippen LogP contribution in [0.2, 0.25) is 0 Å². The number of hydrogen-bond acceptors (Lipinski definition) is 3. The zero-order valence-electron chi connectivity index (χ0n) is 10.0. The van der Waals surface area contributed by atoms with Gasteiger partial charge in [-0.05, 0) is 58.8 Å². The number of ether oxygens (including phenoxy) is 1. The maximum atomic E-state index is 11.4. The highest BCUT2D eigenvalue weighted by Gasteiger charge is 2.23. The van der Waals surface area contributed by atoms with Gasteiger partial charge in [0.05, 0.1) is 17.3 Å². The molecule has 6 heteroatoms. The molecular weight excluding hydrogens is 340 g/mol. The Kier molecular flexibility index (Phi) is 4.24. The van der Waals surface area contributed by atoms with Gasteiger partial charge in [-0.25, -0.2) is 8.42 Å². The van der Waals surface area contributed by atoms with Crippen LogP contribution in [0.1, 0.15) is 29.5 Å². The summed E-state index contributed by atoms with van der Waals surface area (Å²) in [6.45, 7) is 0. The molecule has 0 fully saturated rings. The molecule has 0 N–H and O–H groups in total. The molecule has 2 rings (SSSR count). The predicted octanol–water partition coefficient (Wildman–Crippen LogP) is 3.41. The zero-order chi connectivity index (χ0) is 13.3. The van der Waals surface area contributed by atoms with Gasteiger partial charge < -0.3 is 4.74 Å². The quantitative estimate of drug-likeness (QED) is 0.782. The first kappa shape index (κ1) is 14.2. The standard InChI is InChI=1S/C12H14BrClO3S/c1-17-12-10(7-18(14,15)16)9-5-3-2-4-8(9)6-11(12)13/h6H,2-5,7H2,1H3. The molecular formula is C12H14BrClO3S. The lowest BCUT2D eigenvalue weighted by Crippen LogP contribution is -2.10. The molecule has 0 unspecified atom stereocenters. The number of benzene rings is 1. The van der Waals surface area contributed by atoms with E-state index in [2.05, 4.69) is 15.9 Å². The first-order valence-corrected chi connectivity index (χ1v) is 8.99. The maximum absolute atomic E-state index is 11.4. The van der Waals surface area contributed by atoms with Gasteiger partial charge in [-0.2, -0.15) is 0 Å².